The van der Waals surface area contributed by atoms with E-state index in [1.165, 1.54) is 0 Å². The second-order valence-corrected chi connectivity index (χ2v) is 8.61. The van der Waals surface area contributed by atoms with Crippen molar-refractivity contribution in [1.82, 2.24) is 29.9 Å². The number of aromatic nitrogens is 3. The van der Waals surface area contributed by atoms with Crippen LogP contribution < -0.4 is 5.32 Å². The number of benzene rings is 1. The number of likely N-dealkylation sites (N-methyl/N-ethyl adjacent to an activating group) is 1. The molecule has 29 heavy (non-hydrogen) atoms. The van der Waals surface area contributed by atoms with E-state index in [1.54, 1.807) is 13.0 Å². The van der Waals surface area contributed by atoms with Crippen molar-refractivity contribution < 1.29 is 9.18 Å². The largest absolute Gasteiger partial charge is 0.348 e. The lowest BCUT2D eigenvalue weighted by Crippen LogP contribution is -2.35. The Balaban J connectivity index is 1.39. The Labute approximate surface area is 170 Å². The zero-order chi connectivity index (χ0) is 20.5. The van der Waals surface area contributed by atoms with E-state index in [9.17, 15) is 9.18 Å². The summed E-state index contributed by atoms with van der Waals surface area (Å²) in [6.45, 7) is 6.59. The molecule has 0 radical (unpaired) electrons. The van der Waals surface area contributed by atoms with Crippen molar-refractivity contribution in [3.8, 4) is 0 Å². The molecule has 8 heteroatoms. The van der Waals surface area contributed by atoms with Crippen LogP contribution in [0.2, 0.25) is 0 Å². The molecule has 1 amide bonds. The van der Waals surface area contributed by atoms with Gasteiger partial charge in [-0.2, -0.15) is 0 Å². The molecule has 0 bridgehead atoms. The number of amides is 1. The van der Waals surface area contributed by atoms with Crippen LogP contribution >= 0.6 is 0 Å². The predicted molar refractivity (Wildman–Crippen MR) is 108 cm³/mol. The van der Waals surface area contributed by atoms with Crippen LogP contribution in [0.15, 0.2) is 18.2 Å². The first-order chi connectivity index (χ1) is 13.9. The SMILES string of the molecule is Cc1ccc(CN2C[C@@H]3Cc4nnc(C(=O)NCCN(C)C)n4C[C@@H]3C2)cc1F. The van der Waals surface area contributed by atoms with Gasteiger partial charge in [-0.1, -0.05) is 12.1 Å². The fourth-order valence-electron chi connectivity index (χ4n) is 4.38. The number of aryl methyl sites for hydroxylation is 1. The number of fused-ring (bicyclic) bond motifs is 2. The molecule has 1 aromatic heterocycles. The maximum atomic E-state index is 13.9. The van der Waals surface area contributed by atoms with E-state index in [4.69, 9.17) is 0 Å². The summed E-state index contributed by atoms with van der Waals surface area (Å²) in [7, 11) is 3.95. The second-order valence-electron chi connectivity index (χ2n) is 8.61. The Morgan fingerprint density at radius 1 is 1.24 bits per heavy atom. The third-order valence-corrected chi connectivity index (χ3v) is 6.03. The highest BCUT2D eigenvalue weighted by Crippen LogP contribution is 2.33. The molecule has 0 aliphatic carbocycles. The smallest absolute Gasteiger partial charge is 0.289 e. The number of hydrogen-bond acceptors (Lipinski definition) is 5. The third kappa shape index (κ3) is 4.33. The molecular weight excluding hydrogens is 371 g/mol. The zero-order valence-corrected chi connectivity index (χ0v) is 17.4. The van der Waals surface area contributed by atoms with Gasteiger partial charge in [0, 0.05) is 45.7 Å². The van der Waals surface area contributed by atoms with Crippen LogP contribution in [0.25, 0.3) is 0 Å². The van der Waals surface area contributed by atoms with Gasteiger partial charge in [0.05, 0.1) is 0 Å². The molecule has 0 saturated carbocycles. The van der Waals surface area contributed by atoms with Crippen LogP contribution in [0.4, 0.5) is 4.39 Å². The molecule has 0 spiro atoms. The number of carbonyl (C=O) groups excluding carboxylic acids is 1. The fraction of sp³-hybridized carbons (Fsp3) is 0.571. The van der Waals surface area contributed by atoms with Gasteiger partial charge >= 0.3 is 0 Å². The number of hydrogen-bond donors (Lipinski definition) is 1. The molecule has 4 rings (SSSR count). The maximum absolute atomic E-state index is 13.9. The van der Waals surface area contributed by atoms with Crippen molar-refractivity contribution >= 4 is 5.91 Å². The summed E-state index contributed by atoms with van der Waals surface area (Å²) in [4.78, 5) is 16.9. The molecule has 3 heterocycles. The standard InChI is InChI=1S/C21H29FN6O/c1-14-4-5-15(8-18(14)22)10-27-11-16-9-19-24-25-20(28(19)13-17(16)12-27)21(29)23-6-7-26(2)3/h4-5,8,16-17H,6-7,9-13H2,1-3H3,(H,23,29)/t16-,17-/m0/s1. The van der Waals surface area contributed by atoms with Crippen molar-refractivity contribution in [3.05, 3.63) is 46.8 Å². The molecule has 1 saturated heterocycles. The van der Waals surface area contributed by atoms with Crippen LogP contribution in [0.1, 0.15) is 27.6 Å². The van der Waals surface area contributed by atoms with Gasteiger partial charge in [-0.25, -0.2) is 4.39 Å². The van der Waals surface area contributed by atoms with Crippen LogP contribution in [-0.4, -0.2) is 70.7 Å². The number of rotatable bonds is 6. The number of nitrogens with zero attached hydrogens (tertiary/aromatic N) is 5. The van der Waals surface area contributed by atoms with E-state index in [2.05, 4.69) is 20.4 Å². The quantitative estimate of drug-likeness (QED) is 0.792. The number of carbonyl (C=O) groups is 1. The van der Waals surface area contributed by atoms with Crippen LogP contribution in [0.5, 0.6) is 0 Å². The monoisotopic (exact) mass is 400 g/mol. The maximum Gasteiger partial charge on any atom is 0.289 e. The van der Waals surface area contributed by atoms with Crippen molar-refractivity contribution in [2.45, 2.75) is 26.4 Å². The van der Waals surface area contributed by atoms with E-state index in [0.29, 0.717) is 29.8 Å². The first-order valence-electron chi connectivity index (χ1n) is 10.2. The summed E-state index contributed by atoms with van der Waals surface area (Å²) in [5.74, 6) is 1.97. The minimum Gasteiger partial charge on any atom is -0.348 e. The second kappa shape index (κ2) is 8.20. The molecule has 2 aliphatic heterocycles. The summed E-state index contributed by atoms with van der Waals surface area (Å²) in [5.41, 5.74) is 1.69. The molecule has 1 fully saturated rings. The number of halogens is 1. The predicted octanol–water partition coefficient (Wildman–Crippen LogP) is 1.32. The van der Waals surface area contributed by atoms with Gasteiger partial charge in [0.25, 0.3) is 5.91 Å². The minimum atomic E-state index is -0.158. The van der Waals surface area contributed by atoms with Crippen molar-refractivity contribution in [3.63, 3.8) is 0 Å². The minimum absolute atomic E-state index is 0.143. The fourth-order valence-corrected chi connectivity index (χ4v) is 4.38. The zero-order valence-electron chi connectivity index (χ0n) is 17.4. The van der Waals surface area contributed by atoms with Crippen LogP contribution in [0.3, 0.4) is 0 Å². The summed E-state index contributed by atoms with van der Waals surface area (Å²) in [6, 6.07) is 5.49. The van der Waals surface area contributed by atoms with Gasteiger partial charge in [-0.15, -0.1) is 10.2 Å². The first kappa shape index (κ1) is 20.0. The van der Waals surface area contributed by atoms with Gasteiger partial charge in [0.1, 0.15) is 11.6 Å². The molecular formula is C21H29FN6O. The van der Waals surface area contributed by atoms with Crippen molar-refractivity contribution in [2.24, 2.45) is 11.8 Å². The number of likely N-dealkylation sites (tertiary alicyclic amines) is 1. The summed E-state index contributed by atoms with van der Waals surface area (Å²) < 4.78 is 15.8. The Hall–Kier alpha value is -2.32. The molecule has 1 aromatic carbocycles. The first-order valence-corrected chi connectivity index (χ1v) is 10.2. The molecule has 2 aliphatic rings. The van der Waals surface area contributed by atoms with Gasteiger partial charge in [0.2, 0.25) is 5.82 Å². The number of nitrogens with one attached hydrogen (secondary N) is 1. The van der Waals surface area contributed by atoms with Crippen LogP contribution in [-0.2, 0) is 19.5 Å². The summed E-state index contributed by atoms with van der Waals surface area (Å²) >= 11 is 0. The highest BCUT2D eigenvalue weighted by Gasteiger charge is 2.39. The molecule has 156 valence electrons. The van der Waals surface area contributed by atoms with Crippen molar-refractivity contribution in [2.75, 3.05) is 40.3 Å². The molecule has 0 unspecified atom stereocenters. The van der Waals surface area contributed by atoms with E-state index in [1.807, 2.05) is 35.7 Å². The topological polar surface area (TPSA) is 66.3 Å². The Morgan fingerprint density at radius 2 is 2.03 bits per heavy atom. The lowest BCUT2D eigenvalue weighted by molar-refractivity contribution is 0.0932. The average Bonchev–Trinajstić information content (AvgIpc) is 3.25. The van der Waals surface area contributed by atoms with Gasteiger partial charge in [-0.3, -0.25) is 9.69 Å². The van der Waals surface area contributed by atoms with Gasteiger partial charge in [-0.05, 0) is 50.0 Å². The lowest BCUT2D eigenvalue weighted by Gasteiger charge is -2.25. The highest BCUT2D eigenvalue weighted by atomic mass is 19.1. The molecule has 2 aromatic rings. The van der Waals surface area contributed by atoms with Gasteiger partial charge in [0.15, 0.2) is 0 Å². The Bertz CT molecular complexity index is 895. The van der Waals surface area contributed by atoms with E-state index >= 15 is 0 Å². The normalized spacial score (nSPS) is 21.3. The summed E-state index contributed by atoms with van der Waals surface area (Å²) in [5, 5.41) is 11.4. The van der Waals surface area contributed by atoms with E-state index in [0.717, 1.165) is 50.5 Å². The van der Waals surface area contributed by atoms with E-state index < -0.39 is 0 Å². The molecule has 1 N–H and O–H groups in total. The summed E-state index contributed by atoms with van der Waals surface area (Å²) in [6.07, 6.45) is 0.835. The molecule has 7 nitrogen and oxygen atoms in total. The Morgan fingerprint density at radius 3 is 2.79 bits per heavy atom. The van der Waals surface area contributed by atoms with Gasteiger partial charge < -0.3 is 14.8 Å². The Kier molecular flexibility index (Phi) is 5.65. The van der Waals surface area contributed by atoms with Crippen molar-refractivity contribution in [1.29, 1.82) is 0 Å². The lowest BCUT2D eigenvalue weighted by atomic mass is 9.89. The van der Waals surface area contributed by atoms with Crippen LogP contribution in [0, 0.1) is 24.6 Å². The van der Waals surface area contributed by atoms with E-state index in [-0.39, 0.29) is 11.7 Å². The highest BCUT2D eigenvalue weighted by molar-refractivity contribution is 5.90. The third-order valence-electron chi connectivity index (χ3n) is 6.03. The average molecular weight is 401 g/mol. The molecule has 2 atom stereocenters.